The third-order valence-electron chi connectivity index (χ3n) is 3.13. The Balaban J connectivity index is 2.04. The van der Waals surface area contributed by atoms with Crippen molar-refractivity contribution in [1.82, 2.24) is 9.88 Å². The SMILES string of the molecule is COC(CNCc1cn(C)c2ccccc12)OC. The van der Waals surface area contributed by atoms with Crippen LogP contribution in [0.4, 0.5) is 0 Å². The molecule has 18 heavy (non-hydrogen) atoms. The molecule has 4 heteroatoms. The number of hydrogen-bond donors (Lipinski definition) is 1. The van der Waals surface area contributed by atoms with Crippen molar-refractivity contribution in [1.29, 1.82) is 0 Å². The molecule has 0 aliphatic rings. The van der Waals surface area contributed by atoms with E-state index in [0.717, 1.165) is 6.54 Å². The van der Waals surface area contributed by atoms with E-state index in [1.165, 1.54) is 16.5 Å². The summed E-state index contributed by atoms with van der Waals surface area (Å²) in [6.07, 6.45) is 1.96. The maximum absolute atomic E-state index is 5.14. The lowest BCUT2D eigenvalue weighted by atomic mass is 10.2. The molecule has 4 nitrogen and oxygen atoms in total. The Bertz CT molecular complexity index is 503. The fourth-order valence-corrected chi connectivity index (χ4v) is 2.15. The van der Waals surface area contributed by atoms with Crippen molar-refractivity contribution >= 4 is 10.9 Å². The lowest BCUT2D eigenvalue weighted by molar-refractivity contribution is -0.0988. The number of methoxy groups -OCH3 is 2. The predicted octanol–water partition coefficient (Wildman–Crippen LogP) is 1.89. The number of para-hydroxylation sites is 1. The largest absolute Gasteiger partial charge is 0.355 e. The van der Waals surface area contributed by atoms with Crippen LogP contribution >= 0.6 is 0 Å². The number of benzene rings is 1. The van der Waals surface area contributed by atoms with Crippen LogP contribution in [0.3, 0.4) is 0 Å². The Morgan fingerprint density at radius 1 is 1.22 bits per heavy atom. The quantitative estimate of drug-likeness (QED) is 0.793. The van der Waals surface area contributed by atoms with Gasteiger partial charge in [-0.2, -0.15) is 0 Å². The summed E-state index contributed by atoms with van der Waals surface area (Å²) in [6.45, 7) is 1.49. The number of nitrogens with zero attached hydrogens (tertiary/aromatic N) is 1. The van der Waals surface area contributed by atoms with E-state index < -0.39 is 0 Å². The van der Waals surface area contributed by atoms with Crippen LogP contribution in [0.25, 0.3) is 10.9 Å². The molecule has 1 heterocycles. The fourth-order valence-electron chi connectivity index (χ4n) is 2.15. The van der Waals surface area contributed by atoms with Gasteiger partial charge in [0.1, 0.15) is 0 Å². The summed E-state index contributed by atoms with van der Waals surface area (Å²) in [5.41, 5.74) is 2.54. The minimum absolute atomic E-state index is 0.194. The first-order chi connectivity index (χ1) is 8.76. The monoisotopic (exact) mass is 248 g/mol. The number of aromatic nitrogens is 1. The molecule has 0 spiro atoms. The highest BCUT2D eigenvalue weighted by Gasteiger charge is 2.07. The highest BCUT2D eigenvalue weighted by Crippen LogP contribution is 2.19. The van der Waals surface area contributed by atoms with Crippen LogP contribution in [0.2, 0.25) is 0 Å². The van der Waals surface area contributed by atoms with Gasteiger partial charge in [0.05, 0.1) is 0 Å². The van der Waals surface area contributed by atoms with Crippen LogP contribution in [0.15, 0.2) is 30.5 Å². The van der Waals surface area contributed by atoms with E-state index in [4.69, 9.17) is 9.47 Å². The van der Waals surface area contributed by atoms with Gasteiger partial charge in [0, 0.05) is 51.5 Å². The van der Waals surface area contributed by atoms with E-state index in [1.54, 1.807) is 14.2 Å². The third-order valence-corrected chi connectivity index (χ3v) is 3.13. The number of ether oxygens (including phenoxy) is 2. The van der Waals surface area contributed by atoms with Crippen molar-refractivity contribution in [2.24, 2.45) is 7.05 Å². The zero-order valence-electron chi connectivity index (χ0n) is 11.1. The summed E-state index contributed by atoms with van der Waals surface area (Å²) in [4.78, 5) is 0. The highest BCUT2D eigenvalue weighted by atomic mass is 16.7. The van der Waals surface area contributed by atoms with E-state index in [9.17, 15) is 0 Å². The smallest absolute Gasteiger partial charge is 0.169 e. The standard InChI is InChI=1S/C14H20N2O2/c1-16-10-11(8-15-9-14(17-2)18-3)12-6-4-5-7-13(12)16/h4-7,10,14-15H,8-9H2,1-3H3. The zero-order chi connectivity index (χ0) is 13.0. The molecule has 0 bridgehead atoms. The number of rotatable bonds is 6. The summed E-state index contributed by atoms with van der Waals surface area (Å²) in [6, 6.07) is 8.41. The van der Waals surface area contributed by atoms with E-state index in [0.29, 0.717) is 6.54 Å². The minimum atomic E-state index is -0.194. The van der Waals surface area contributed by atoms with Gasteiger partial charge in [-0.3, -0.25) is 0 Å². The average molecular weight is 248 g/mol. The molecule has 0 aliphatic carbocycles. The zero-order valence-corrected chi connectivity index (χ0v) is 11.1. The summed E-state index contributed by atoms with van der Waals surface area (Å²) in [7, 11) is 5.36. The fraction of sp³-hybridized carbons (Fsp3) is 0.429. The lowest BCUT2D eigenvalue weighted by Gasteiger charge is -2.13. The van der Waals surface area contributed by atoms with Crippen LogP contribution in [0, 0.1) is 0 Å². The van der Waals surface area contributed by atoms with Gasteiger partial charge in [-0.15, -0.1) is 0 Å². The second kappa shape index (κ2) is 6.00. The molecule has 1 N–H and O–H groups in total. The van der Waals surface area contributed by atoms with Crippen LogP contribution < -0.4 is 5.32 Å². The Morgan fingerprint density at radius 2 is 1.94 bits per heavy atom. The maximum atomic E-state index is 5.14. The number of hydrogen-bond acceptors (Lipinski definition) is 3. The molecular formula is C14H20N2O2. The third kappa shape index (κ3) is 2.72. The number of fused-ring (bicyclic) bond motifs is 1. The van der Waals surface area contributed by atoms with Crippen molar-refractivity contribution in [2.45, 2.75) is 12.8 Å². The molecule has 1 aromatic heterocycles. The van der Waals surface area contributed by atoms with Crippen molar-refractivity contribution in [3.63, 3.8) is 0 Å². The highest BCUT2D eigenvalue weighted by molar-refractivity contribution is 5.83. The molecule has 2 aromatic rings. The Hall–Kier alpha value is -1.36. The molecule has 1 aromatic carbocycles. The summed E-state index contributed by atoms with van der Waals surface area (Å²) < 4.78 is 12.4. The molecule has 0 fully saturated rings. The van der Waals surface area contributed by atoms with Crippen molar-refractivity contribution in [2.75, 3.05) is 20.8 Å². The van der Waals surface area contributed by atoms with Gasteiger partial charge in [0.25, 0.3) is 0 Å². The normalized spacial score (nSPS) is 11.6. The van der Waals surface area contributed by atoms with E-state index in [1.807, 2.05) is 0 Å². The number of nitrogens with one attached hydrogen (secondary N) is 1. The van der Waals surface area contributed by atoms with Crippen LogP contribution in [0.5, 0.6) is 0 Å². The average Bonchev–Trinajstić information content (AvgIpc) is 2.72. The van der Waals surface area contributed by atoms with Gasteiger partial charge in [0.2, 0.25) is 0 Å². The topological polar surface area (TPSA) is 35.4 Å². The van der Waals surface area contributed by atoms with Crippen molar-refractivity contribution < 1.29 is 9.47 Å². The van der Waals surface area contributed by atoms with Crippen molar-refractivity contribution in [3.8, 4) is 0 Å². The number of aryl methyl sites for hydroxylation is 1. The molecule has 0 amide bonds. The van der Waals surface area contributed by atoms with Gasteiger partial charge in [-0.05, 0) is 11.6 Å². The molecule has 0 aliphatic heterocycles. The second-order valence-corrected chi connectivity index (χ2v) is 4.31. The second-order valence-electron chi connectivity index (χ2n) is 4.31. The predicted molar refractivity (Wildman–Crippen MR) is 72.4 cm³/mol. The minimum Gasteiger partial charge on any atom is -0.355 e. The first kappa shape index (κ1) is 13.1. The molecule has 0 atom stereocenters. The maximum Gasteiger partial charge on any atom is 0.169 e. The first-order valence-electron chi connectivity index (χ1n) is 6.05. The molecule has 0 unspecified atom stereocenters. The van der Waals surface area contributed by atoms with Gasteiger partial charge in [0.15, 0.2) is 6.29 Å². The summed E-state index contributed by atoms with van der Waals surface area (Å²) >= 11 is 0. The van der Waals surface area contributed by atoms with Gasteiger partial charge < -0.3 is 19.4 Å². The lowest BCUT2D eigenvalue weighted by Crippen LogP contribution is -2.29. The molecule has 0 saturated carbocycles. The Kier molecular flexibility index (Phi) is 4.36. The molecular weight excluding hydrogens is 228 g/mol. The van der Waals surface area contributed by atoms with Crippen molar-refractivity contribution in [3.05, 3.63) is 36.0 Å². The van der Waals surface area contributed by atoms with Crippen LogP contribution in [-0.4, -0.2) is 31.6 Å². The molecule has 98 valence electrons. The van der Waals surface area contributed by atoms with Crippen LogP contribution in [0.1, 0.15) is 5.56 Å². The Labute approximate surface area is 107 Å². The van der Waals surface area contributed by atoms with Gasteiger partial charge in [-0.1, -0.05) is 18.2 Å². The molecule has 0 radical (unpaired) electrons. The molecule has 0 saturated heterocycles. The Morgan fingerprint density at radius 3 is 2.67 bits per heavy atom. The van der Waals surface area contributed by atoms with Gasteiger partial charge >= 0.3 is 0 Å². The van der Waals surface area contributed by atoms with Crippen LogP contribution in [-0.2, 0) is 23.1 Å². The van der Waals surface area contributed by atoms with E-state index in [-0.39, 0.29) is 6.29 Å². The summed E-state index contributed by atoms with van der Waals surface area (Å²) in [5.74, 6) is 0. The van der Waals surface area contributed by atoms with Gasteiger partial charge in [-0.25, -0.2) is 0 Å². The molecule has 2 rings (SSSR count). The first-order valence-corrected chi connectivity index (χ1v) is 6.05. The summed E-state index contributed by atoms with van der Waals surface area (Å²) in [5, 5.41) is 4.64. The van der Waals surface area contributed by atoms with E-state index in [2.05, 4.69) is 47.4 Å². The van der Waals surface area contributed by atoms with E-state index >= 15 is 0 Å².